The summed E-state index contributed by atoms with van der Waals surface area (Å²) in [4.78, 5) is 4.75. The van der Waals surface area contributed by atoms with E-state index in [1.54, 1.807) is 0 Å². The molecule has 0 amide bonds. The summed E-state index contributed by atoms with van der Waals surface area (Å²) in [7, 11) is 2.16. The van der Waals surface area contributed by atoms with Crippen LogP contribution in [0.1, 0.15) is 12.5 Å². The highest BCUT2D eigenvalue weighted by atomic mass is 35.5. The van der Waals surface area contributed by atoms with E-state index in [-0.39, 0.29) is 0 Å². The van der Waals surface area contributed by atoms with E-state index >= 15 is 0 Å². The Labute approximate surface area is 115 Å². The Morgan fingerprint density at radius 3 is 2.72 bits per heavy atom. The first kappa shape index (κ1) is 13.7. The molecule has 0 spiro atoms. The summed E-state index contributed by atoms with van der Waals surface area (Å²) >= 11 is 6.22. The number of piperazine rings is 1. The molecule has 2 rings (SSSR count). The molecular formula is C14H22ClN3. The molecule has 0 saturated carbocycles. The highest BCUT2D eigenvalue weighted by Crippen LogP contribution is 2.27. The van der Waals surface area contributed by atoms with Gasteiger partial charge >= 0.3 is 0 Å². The third-order valence-corrected chi connectivity index (χ3v) is 4.32. The van der Waals surface area contributed by atoms with Gasteiger partial charge in [0.05, 0.1) is 6.04 Å². The number of hydrogen-bond donors (Lipinski definition) is 1. The van der Waals surface area contributed by atoms with E-state index in [2.05, 4.69) is 42.0 Å². The van der Waals surface area contributed by atoms with Crippen LogP contribution in [0.4, 0.5) is 5.69 Å². The summed E-state index contributed by atoms with van der Waals surface area (Å²) < 4.78 is 0. The van der Waals surface area contributed by atoms with Crippen LogP contribution in [-0.2, 0) is 0 Å². The fourth-order valence-corrected chi connectivity index (χ4v) is 2.64. The molecule has 1 fully saturated rings. The van der Waals surface area contributed by atoms with Crippen molar-refractivity contribution < 1.29 is 0 Å². The third-order valence-electron chi connectivity index (χ3n) is 3.91. The molecular weight excluding hydrogens is 246 g/mol. The highest BCUT2D eigenvalue weighted by molar-refractivity contribution is 6.31. The van der Waals surface area contributed by atoms with E-state index in [1.807, 2.05) is 6.92 Å². The molecule has 2 N–H and O–H groups in total. The number of anilines is 1. The van der Waals surface area contributed by atoms with Crippen molar-refractivity contribution in [2.75, 3.05) is 31.6 Å². The molecule has 1 heterocycles. The van der Waals surface area contributed by atoms with E-state index in [4.69, 9.17) is 17.3 Å². The normalized spacial score (nSPS) is 25.5. The third kappa shape index (κ3) is 2.63. The molecule has 1 aromatic rings. The van der Waals surface area contributed by atoms with Crippen LogP contribution in [0.5, 0.6) is 0 Å². The number of benzene rings is 1. The zero-order valence-corrected chi connectivity index (χ0v) is 12.1. The number of hydrogen-bond acceptors (Lipinski definition) is 3. The van der Waals surface area contributed by atoms with Crippen LogP contribution in [0.3, 0.4) is 0 Å². The Bertz CT molecular complexity index is 422. The molecule has 1 aliphatic rings. The largest absolute Gasteiger partial charge is 0.364 e. The van der Waals surface area contributed by atoms with E-state index < -0.39 is 0 Å². The Kier molecular flexibility index (Phi) is 4.15. The predicted molar refractivity (Wildman–Crippen MR) is 78.5 cm³/mol. The van der Waals surface area contributed by atoms with Gasteiger partial charge in [0, 0.05) is 36.4 Å². The number of nitrogens with two attached hydrogens (primary N) is 1. The van der Waals surface area contributed by atoms with Crippen LogP contribution in [0, 0.1) is 6.92 Å². The lowest BCUT2D eigenvalue weighted by Crippen LogP contribution is -2.58. The minimum Gasteiger partial charge on any atom is -0.364 e. The Morgan fingerprint density at radius 2 is 2.11 bits per heavy atom. The van der Waals surface area contributed by atoms with Gasteiger partial charge in [-0.1, -0.05) is 17.7 Å². The molecule has 2 atom stereocenters. The summed E-state index contributed by atoms with van der Waals surface area (Å²) in [6, 6.07) is 7.17. The summed E-state index contributed by atoms with van der Waals surface area (Å²) in [6.45, 7) is 6.94. The number of nitrogens with zero attached hydrogens (tertiary/aromatic N) is 2. The van der Waals surface area contributed by atoms with Gasteiger partial charge in [0.2, 0.25) is 0 Å². The minimum absolute atomic E-state index is 0.366. The quantitative estimate of drug-likeness (QED) is 0.891. The van der Waals surface area contributed by atoms with Gasteiger partial charge in [0.25, 0.3) is 0 Å². The molecule has 4 heteroatoms. The lowest BCUT2D eigenvalue weighted by Gasteiger charge is -2.45. The molecule has 0 aliphatic carbocycles. The monoisotopic (exact) mass is 267 g/mol. The maximum Gasteiger partial charge on any atom is 0.0540 e. The summed E-state index contributed by atoms with van der Waals surface area (Å²) in [5.74, 6) is 0. The van der Waals surface area contributed by atoms with Gasteiger partial charge in [-0.3, -0.25) is 4.90 Å². The van der Waals surface area contributed by atoms with Crippen molar-refractivity contribution in [1.82, 2.24) is 4.90 Å². The van der Waals surface area contributed by atoms with Crippen LogP contribution >= 0.6 is 11.6 Å². The van der Waals surface area contributed by atoms with Gasteiger partial charge < -0.3 is 10.6 Å². The van der Waals surface area contributed by atoms with Gasteiger partial charge in [0.15, 0.2) is 0 Å². The van der Waals surface area contributed by atoms with Gasteiger partial charge in [0.1, 0.15) is 0 Å². The summed E-state index contributed by atoms with van der Waals surface area (Å²) in [6.07, 6.45) is 0. The van der Waals surface area contributed by atoms with Crippen molar-refractivity contribution >= 4 is 17.3 Å². The second-order valence-corrected chi connectivity index (χ2v) is 5.67. The van der Waals surface area contributed by atoms with Crippen LogP contribution in [0.25, 0.3) is 0 Å². The average Bonchev–Trinajstić information content (AvgIpc) is 2.35. The SMILES string of the molecule is Cc1ccc(N2CC(C)N(C)CC2CN)cc1Cl. The summed E-state index contributed by atoms with van der Waals surface area (Å²) in [5.41, 5.74) is 8.20. The van der Waals surface area contributed by atoms with Crippen molar-refractivity contribution in [2.45, 2.75) is 25.9 Å². The molecule has 1 aromatic carbocycles. The fourth-order valence-electron chi connectivity index (χ4n) is 2.46. The lowest BCUT2D eigenvalue weighted by atomic mass is 10.1. The zero-order valence-electron chi connectivity index (χ0n) is 11.4. The van der Waals surface area contributed by atoms with Crippen LogP contribution in [0.2, 0.25) is 5.02 Å². The second kappa shape index (κ2) is 5.47. The Morgan fingerprint density at radius 1 is 1.39 bits per heavy atom. The average molecular weight is 268 g/mol. The maximum atomic E-state index is 6.22. The lowest BCUT2D eigenvalue weighted by molar-refractivity contribution is 0.202. The first-order chi connectivity index (χ1) is 8.52. The number of rotatable bonds is 2. The fraction of sp³-hybridized carbons (Fsp3) is 0.571. The van der Waals surface area contributed by atoms with E-state index in [1.165, 1.54) is 5.69 Å². The molecule has 3 nitrogen and oxygen atoms in total. The standard InChI is InChI=1S/C14H22ClN3/c1-10-4-5-12(6-14(10)15)18-8-11(2)17(3)9-13(18)7-16/h4-6,11,13H,7-9,16H2,1-3H3. The molecule has 0 bridgehead atoms. The topological polar surface area (TPSA) is 32.5 Å². The molecule has 1 saturated heterocycles. The second-order valence-electron chi connectivity index (χ2n) is 5.26. The van der Waals surface area contributed by atoms with Crippen molar-refractivity contribution in [3.8, 4) is 0 Å². The molecule has 18 heavy (non-hydrogen) atoms. The smallest absolute Gasteiger partial charge is 0.0540 e. The van der Waals surface area contributed by atoms with Crippen LogP contribution < -0.4 is 10.6 Å². The molecule has 0 radical (unpaired) electrons. The molecule has 100 valence electrons. The number of halogens is 1. The van der Waals surface area contributed by atoms with Crippen molar-refractivity contribution in [1.29, 1.82) is 0 Å². The van der Waals surface area contributed by atoms with Crippen molar-refractivity contribution in [3.05, 3.63) is 28.8 Å². The van der Waals surface area contributed by atoms with Crippen molar-refractivity contribution in [2.24, 2.45) is 5.73 Å². The van der Waals surface area contributed by atoms with E-state index in [0.717, 1.165) is 23.7 Å². The molecule has 1 aliphatic heterocycles. The van der Waals surface area contributed by atoms with Crippen molar-refractivity contribution in [3.63, 3.8) is 0 Å². The molecule has 0 aromatic heterocycles. The van der Waals surface area contributed by atoms with Gasteiger partial charge in [-0.05, 0) is 38.6 Å². The molecule has 2 unspecified atom stereocenters. The maximum absolute atomic E-state index is 6.22. The predicted octanol–water partition coefficient (Wildman–Crippen LogP) is 2.12. The highest BCUT2D eigenvalue weighted by Gasteiger charge is 2.28. The Balaban J connectivity index is 2.26. The van der Waals surface area contributed by atoms with Crippen LogP contribution in [-0.4, -0.2) is 43.7 Å². The Hall–Kier alpha value is -0.770. The van der Waals surface area contributed by atoms with Crippen LogP contribution in [0.15, 0.2) is 18.2 Å². The summed E-state index contributed by atoms with van der Waals surface area (Å²) in [5, 5.41) is 0.829. The first-order valence-corrected chi connectivity index (χ1v) is 6.83. The van der Waals surface area contributed by atoms with Gasteiger partial charge in [-0.2, -0.15) is 0 Å². The van der Waals surface area contributed by atoms with Gasteiger partial charge in [-0.15, -0.1) is 0 Å². The minimum atomic E-state index is 0.366. The first-order valence-electron chi connectivity index (χ1n) is 6.46. The van der Waals surface area contributed by atoms with E-state index in [0.29, 0.717) is 18.6 Å². The van der Waals surface area contributed by atoms with Gasteiger partial charge in [-0.25, -0.2) is 0 Å². The number of aryl methyl sites for hydroxylation is 1. The number of likely N-dealkylation sites (N-methyl/N-ethyl adjacent to an activating group) is 1. The zero-order chi connectivity index (χ0) is 13.3. The van der Waals surface area contributed by atoms with E-state index in [9.17, 15) is 0 Å².